The van der Waals surface area contributed by atoms with Gasteiger partial charge in [-0.25, -0.2) is 5.48 Å². The maximum absolute atomic E-state index is 11.7. The quantitative estimate of drug-likeness (QED) is 0.808. The molecule has 1 aromatic rings. The highest BCUT2D eigenvalue weighted by molar-refractivity contribution is 5.94. The third-order valence-electron chi connectivity index (χ3n) is 1.65. The van der Waals surface area contributed by atoms with Crippen LogP contribution in [0.5, 0.6) is 0 Å². The van der Waals surface area contributed by atoms with E-state index in [1.165, 1.54) is 18.3 Å². The summed E-state index contributed by atoms with van der Waals surface area (Å²) in [6.45, 7) is 0.0384. The third kappa shape index (κ3) is 3.85. The number of nitrogens with zero attached hydrogens (tertiary/aromatic N) is 1. The number of hydroxylamine groups is 1. The zero-order valence-corrected chi connectivity index (χ0v) is 8.34. The summed E-state index contributed by atoms with van der Waals surface area (Å²) in [5, 5.41) is 0. The molecule has 16 heavy (non-hydrogen) atoms. The lowest BCUT2D eigenvalue weighted by Crippen LogP contribution is -2.30. The van der Waals surface area contributed by atoms with E-state index < -0.39 is 18.7 Å². The smallest absolute Gasteiger partial charge is 0.267 e. The lowest BCUT2D eigenvalue weighted by atomic mass is 10.2. The van der Waals surface area contributed by atoms with E-state index in [0.29, 0.717) is 5.69 Å². The number of halogens is 3. The molecule has 7 heteroatoms. The van der Waals surface area contributed by atoms with Crippen LogP contribution >= 0.6 is 0 Å². The Kier molecular flexibility index (Phi) is 3.83. The zero-order chi connectivity index (χ0) is 12.2. The molecule has 0 fully saturated rings. The Bertz CT molecular complexity index is 379. The van der Waals surface area contributed by atoms with Crippen molar-refractivity contribution in [3.8, 4) is 0 Å². The molecule has 0 radical (unpaired) electrons. The van der Waals surface area contributed by atoms with Crippen LogP contribution in [-0.2, 0) is 4.84 Å². The predicted octanol–water partition coefficient (Wildman–Crippen LogP) is 1.61. The number of carbonyl (C=O) groups excluding carboxylic acids is 1. The van der Waals surface area contributed by atoms with E-state index in [2.05, 4.69) is 9.82 Å². The normalized spacial score (nSPS) is 11.2. The van der Waals surface area contributed by atoms with Gasteiger partial charge in [-0.3, -0.25) is 14.6 Å². The summed E-state index contributed by atoms with van der Waals surface area (Å²) < 4.78 is 35.1. The minimum Gasteiger partial charge on any atom is -0.267 e. The molecule has 1 amide bonds. The second kappa shape index (κ2) is 4.93. The van der Waals surface area contributed by atoms with Crippen LogP contribution in [0.25, 0.3) is 0 Å². The molecule has 1 aromatic heterocycles. The van der Waals surface area contributed by atoms with Crippen LogP contribution in [0.3, 0.4) is 0 Å². The first kappa shape index (κ1) is 12.4. The largest absolute Gasteiger partial charge is 0.414 e. The number of amides is 1. The number of aromatic nitrogens is 1. The molecule has 1 heterocycles. The number of pyridine rings is 1. The number of nitrogens with one attached hydrogen (secondary N) is 1. The fourth-order valence-corrected chi connectivity index (χ4v) is 0.963. The van der Waals surface area contributed by atoms with Gasteiger partial charge in [-0.1, -0.05) is 0 Å². The van der Waals surface area contributed by atoms with Crippen molar-refractivity contribution >= 4 is 5.91 Å². The van der Waals surface area contributed by atoms with E-state index in [9.17, 15) is 18.0 Å². The van der Waals surface area contributed by atoms with Crippen LogP contribution < -0.4 is 5.48 Å². The second-order valence-corrected chi connectivity index (χ2v) is 2.97. The van der Waals surface area contributed by atoms with Gasteiger partial charge < -0.3 is 0 Å². The molecule has 0 bridgehead atoms. The molecule has 88 valence electrons. The Labute approximate surface area is 89.4 Å². The molecular formula is C9H9F3N2O2. The predicted molar refractivity (Wildman–Crippen MR) is 48.4 cm³/mol. The molecule has 0 aliphatic rings. The SMILES string of the molecule is Cc1ncccc1C(=O)NOCC(F)(F)F. The third-order valence-corrected chi connectivity index (χ3v) is 1.65. The molecule has 0 atom stereocenters. The van der Waals surface area contributed by atoms with Gasteiger partial charge in [0.1, 0.15) is 0 Å². The molecule has 0 saturated heterocycles. The molecule has 0 unspecified atom stereocenters. The van der Waals surface area contributed by atoms with Gasteiger partial charge in [0.05, 0.1) is 11.3 Å². The summed E-state index contributed by atoms with van der Waals surface area (Å²) >= 11 is 0. The van der Waals surface area contributed by atoms with Crippen molar-refractivity contribution in [1.29, 1.82) is 0 Å². The molecule has 4 nitrogen and oxygen atoms in total. The monoisotopic (exact) mass is 234 g/mol. The standard InChI is InChI=1S/C9H9F3N2O2/c1-6-7(3-2-4-13-6)8(15)14-16-5-9(10,11)12/h2-4H,5H2,1H3,(H,14,15). The van der Waals surface area contributed by atoms with Crippen LogP contribution in [0.2, 0.25) is 0 Å². The summed E-state index contributed by atoms with van der Waals surface area (Å²) in [5.74, 6) is -0.755. The fraction of sp³-hybridized carbons (Fsp3) is 0.333. The van der Waals surface area contributed by atoms with E-state index >= 15 is 0 Å². The molecule has 0 saturated carbocycles. The average Bonchev–Trinajstić information content (AvgIpc) is 2.16. The molecule has 1 rings (SSSR count). The van der Waals surface area contributed by atoms with Gasteiger partial charge in [0.25, 0.3) is 5.91 Å². The Balaban J connectivity index is 2.51. The van der Waals surface area contributed by atoms with Crippen molar-refractivity contribution in [2.24, 2.45) is 0 Å². The summed E-state index contributed by atoms with van der Waals surface area (Å²) in [7, 11) is 0. The van der Waals surface area contributed by atoms with E-state index in [1.807, 2.05) is 0 Å². The summed E-state index contributed by atoms with van der Waals surface area (Å²) in [4.78, 5) is 19.1. The molecule has 0 aliphatic carbocycles. The number of rotatable bonds is 3. The minimum atomic E-state index is -4.47. The maximum Gasteiger partial charge on any atom is 0.414 e. The van der Waals surface area contributed by atoms with Gasteiger partial charge >= 0.3 is 6.18 Å². The maximum atomic E-state index is 11.7. The van der Waals surface area contributed by atoms with Gasteiger partial charge in [-0.2, -0.15) is 13.2 Å². The van der Waals surface area contributed by atoms with E-state index in [1.54, 1.807) is 12.4 Å². The Morgan fingerprint density at radius 1 is 1.56 bits per heavy atom. The van der Waals surface area contributed by atoms with Crippen molar-refractivity contribution in [1.82, 2.24) is 10.5 Å². The van der Waals surface area contributed by atoms with E-state index in [0.717, 1.165) is 0 Å². The van der Waals surface area contributed by atoms with Gasteiger partial charge in [0.15, 0.2) is 6.61 Å². The van der Waals surface area contributed by atoms with Crippen molar-refractivity contribution < 1.29 is 22.8 Å². The first-order valence-corrected chi connectivity index (χ1v) is 4.30. The highest BCUT2D eigenvalue weighted by atomic mass is 19.4. The molecule has 0 spiro atoms. The first-order chi connectivity index (χ1) is 7.40. The molecule has 0 aliphatic heterocycles. The topological polar surface area (TPSA) is 51.2 Å². The lowest BCUT2D eigenvalue weighted by Gasteiger charge is -2.08. The Hall–Kier alpha value is -1.63. The van der Waals surface area contributed by atoms with Crippen LogP contribution in [0, 0.1) is 6.92 Å². The molecule has 1 N–H and O–H groups in total. The van der Waals surface area contributed by atoms with Crippen LogP contribution in [0.4, 0.5) is 13.2 Å². The highest BCUT2D eigenvalue weighted by Gasteiger charge is 2.28. The van der Waals surface area contributed by atoms with E-state index in [-0.39, 0.29) is 5.56 Å². The number of aryl methyl sites for hydroxylation is 1. The van der Waals surface area contributed by atoms with Crippen molar-refractivity contribution in [3.05, 3.63) is 29.6 Å². The Morgan fingerprint density at radius 2 is 2.25 bits per heavy atom. The lowest BCUT2D eigenvalue weighted by molar-refractivity contribution is -0.184. The summed E-state index contributed by atoms with van der Waals surface area (Å²) in [6.07, 6.45) is -3.00. The number of alkyl halides is 3. The first-order valence-electron chi connectivity index (χ1n) is 4.30. The fourth-order valence-electron chi connectivity index (χ4n) is 0.963. The van der Waals surface area contributed by atoms with E-state index in [4.69, 9.17) is 0 Å². The summed E-state index contributed by atoms with van der Waals surface area (Å²) in [6, 6.07) is 2.94. The van der Waals surface area contributed by atoms with Crippen molar-refractivity contribution in [2.45, 2.75) is 13.1 Å². The second-order valence-electron chi connectivity index (χ2n) is 2.97. The molecular weight excluding hydrogens is 225 g/mol. The number of carbonyl (C=O) groups is 1. The zero-order valence-electron chi connectivity index (χ0n) is 8.34. The summed E-state index contributed by atoms with van der Waals surface area (Å²) in [5.41, 5.74) is 2.28. The van der Waals surface area contributed by atoms with Crippen LogP contribution in [-0.4, -0.2) is 23.7 Å². The van der Waals surface area contributed by atoms with Gasteiger partial charge in [0.2, 0.25) is 0 Å². The van der Waals surface area contributed by atoms with Crippen molar-refractivity contribution in [2.75, 3.05) is 6.61 Å². The van der Waals surface area contributed by atoms with Crippen molar-refractivity contribution in [3.63, 3.8) is 0 Å². The van der Waals surface area contributed by atoms with Gasteiger partial charge in [-0.05, 0) is 19.1 Å². The molecule has 0 aromatic carbocycles. The van der Waals surface area contributed by atoms with Crippen LogP contribution in [0.15, 0.2) is 18.3 Å². The number of hydrogen-bond acceptors (Lipinski definition) is 3. The van der Waals surface area contributed by atoms with Crippen LogP contribution in [0.1, 0.15) is 16.1 Å². The Morgan fingerprint density at radius 3 is 2.81 bits per heavy atom. The van der Waals surface area contributed by atoms with Gasteiger partial charge in [-0.15, -0.1) is 0 Å². The minimum absolute atomic E-state index is 0.171. The van der Waals surface area contributed by atoms with Gasteiger partial charge in [0, 0.05) is 6.20 Å². The highest BCUT2D eigenvalue weighted by Crippen LogP contribution is 2.13. The average molecular weight is 234 g/mol. The number of hydrogen-bond donors (Lipinski definition) is 1.